The Balaban J connectivity index is 2.66. The van der Waals surface area contributed by atoms with Gasteiger partial charge in [-0.25, -0.2) is 0 Å². The molecule has 0 aliphatic carbocycles. The summed E-state index contributed by atoms with van der Waals surface area (Å²) in [4.78, 5) is 0. The van der Waals surface area contributed by atoms with Crippen molar-refractivity contribution < 1.29 is 9.63 Å². The minimum Gasteiger partial charge on any atom is -0.480 e. The van der Waals surface area contributed by atoms with Crippen molar-refractivity contribution in [2.75, 3.05) is 6.61 Å². The van der Waals surface area contributed by atoms with E-state index in [4.69, 9.17) is 9.63 Å². The molecule has 0 spiro atoms. The summed E-state index contributed by atoms with van der Waals surface area (Å²) in [6.07, 6.45) is 0.705. The average Bonchev–Trinajstić information content (AvgIpc) is 2.07. The van der Waals surface area contributed by atoms with E-state index in [0.717, 1.165) is 11.3 Å². The van der Waals surface area contributed by atoms with Crippen LogP contribution in [0.15, 0.2) is 24.3 Å². The van der Waals surface area contributed by atoms with Crippen LogP contribution in [-0.4, -0.2) is 11.7 Å². The molecule has 0 fully saturated rings. The van der Waals surface area contributed by atoms with Crippen molar-refractivity contribution in [3.63, 3.8) is 0 Å². The summed E-state index contributed by atoms with van der Waals surface area (Å²) < 4.78 is 4.90. The van der Waals surface area contributed by atoms with Crippen LogP contribution in [0.25, 0.3) is 0 Å². The topological polar surface area (TPSA) is 29.5 Å². The predicted molar refractivity (Wildman–Crippen MR) is 47.6 cm³/mol. The van der Waals surface area contributed by atoms with Gasteiger partial charge in [0.2, 0.25) is 0 Å². The van der Waals surface area contributed by atoms with Gasteiger partial charge in [-0.15, -0.1) is 0 Å². The first-order valence-electron chi connectivity index (χ1n) is 3.43. The molecule has 60 valence electrons. The van der Waals surface area contributed by atoms with Gasteiger partial charge in [0.25, 0.3) is 0 Å². The second kappa shape index (κ2) is 4.32. The smallest absolute Gasteiger partial charge is 0.122 e. The van der Waals surface area contributed by atoms with E-state index in [9.17, 15) is 0 Å². The summed E-state index contributed by atoms with van der Waals surface area (Å²) in [5.41, 5.74) is 1.12. The molecule has 1 rings (SSSR count). The Morgan fingerprint density at radius 3 is 2.36 bits per heavy atom. The lowest BCUT2D eigenvalue weighted by molar-refractivity contribution is 0.299. The van der Waals surface area contributed by atoms with Gasteiger partial charge in [-0.05, 0) is 24.1 Å². The van der Waals surface area contributed by atoms with Gasteiger partial charge in [0.1, 0.15) is 5.75 Å². The number of hydrogen-bond donors (Lipinski definition) is 1. The van der Waals surface area contributed by atoms with Gasteiger partial charge in [-0.3, -0.25) is 0 Å². The van der Waals surface area contributed by atoms with E-state index in [1.807, 2.05) is 24.3 Å². The van der Waals surface area contributed by atoms with Crippen molar-refractivity contribution in [1.29, 1.82) is 0 Å². The number of aliphatic hydroxyl groups excluding tert-OH is 1. The normalized spacial score (nSPS) is 9.64. The van der Waals surface area contributed by atoms with Crippen LogP contribution >= 0.6 is 9.47 Å². The Hall–Kier alpha value is -0.590. The number of aliphatic hydroxyl groups is 1. The molecule has 3 heteroatoms. The Labute approximate surface area is 68.5 Å². The molecule has 2 nitrogen and oxygen atoms in total. The largest absolute Gasteiger partial charge is 0.480 e. The molecule has 0 saturated carbocycles. The van der Waals surface area contributed by atoms with Gasteiger partial charge < -0.3 is 9.63 Å². The minimum atomic E-state index is 0.196. The maximum absolute atomic E-state index is 8.61. The summed E-state index contributed by atoms with van der Waals surface area (Å²) in [6, 6.07) is 7.63. The third kappa shape index (κ3) is 2.49. The standard InChI is InChI=1S/C8H11O2P/c9-6-5-7-1-3-8(10-11)4-2-7/h1-4,9H,5-6,11H2. The zero-order chi connectivity index (χ0) is 8.10. The Bertz CT molecular complexity index is 208. The third-order valence-electron chi connectivity index (χ3n) is 1.46. The van der Waals surface area contributed by atoms with Gasteiger partial charge in [0.15, 0.2) is 0 Å². The van der Waals surface area contributed by atoms with Crippen molar-refractivity contribution in [3.05, 3.63) is 29.8 Å². The SMILES string of the molecule is OCCc1ccc(OP)cc1. The lowest BCUT2D eigenvalue weighted by atomic mass is 10.2. The molecule has 1 aromatic carbocycles. The number of benzene rings is 1. The second-order valence-electron chi connectivity index (χ2n) is 2.24. The third-order valence-corrected chi connectivity index (χ3v) is 1.73. The highest BCUT2D eigenvalue weighted by Crippen LogP contribution is 2.13. The molecule has 0 heterocycles. The zero-order valence-corrected chi connectivity index (χ0v) is 7.31. The first kappa shape index (κ1) is 8.51. The highest BCUT2D eigenvalue weighted by molar-refractivity contribution is 7.10. The van der Waals surface area contributed by atoms with Crippen LogP contribution in [0.2, 0.25) is 0 Å². The molecule has 1 N–H and O–H groups in total. The van der Waals surface area contributed by atoms with E-state index in [2.05, 4.69) is 9.47 Å². The first-order chi connectivity index (χ1) is 5.36. The lowest BCUT2D eigenvalue weighted by Crippen LogP contribution is -1.89. The molecule has 0 aliphatic heterocycles. The number of hydrogen-bond acceptors (Lipinski definition) is 2. The predicted octanol–water partition coefficient (Wildman–Crippen LogP) is 1.39. The fourth-order valence-electron chi connectivity index (χ4n) is 0.864. The molecule has 1 unspecified atom stereocenters. The molecule has 0 saturated heterocycles. The molecular formula is C8H11O2P. The highest BCUT2D eigenvalue weighted by Gasteiger charge is 1.91. The van der Waals surface area contributed by atoms with E-state index < -0.39 is 0 Å². The quantitative estimate of drug-likeness (QED) is 0.694. The Morgan fingerprint density at radius 1 is 1.27 bits per heavy atom. The molecule has 1 atom stereocenters. The minimum absolute atomic E-state index is 0.196. The van der Waals surface area contributed by atoms with Crippen LogP contribution in [0.4, 0.5) is 0 Å². The molecule has 11 heavy (non-hydrogen) atoms. The van der Waals surface area contributed by atoms with Crippen LogP contribution in [0.1, 0.15) is 5.56 Å². The maximum atomic E-state index is 8.61. The summed E-state index contributed by atoms with van der Waals surface area (Å²) >= 11 is 0. The molecule has 0 radical (unpaired) electrons. The maximum Gasteiger partial charge on any atom is 0.122 e. The second-order valence-corrected chi connectivity index (χ2v) is 2.47. The monoisotopic (exact) mass is 170 g/mol. The van der Waals surface area contributed by atoms with Crippen LogP contribution in [0.5, 0.6) is 5.75 Å². The molecule has 0 amide bonds. The van der Waals surface area contributed by atoms with Crippen LogP contribution < -0.4 is 4.52 Å². The van der Waals surface area contributed by atoms with Crippen LogP contribution in [-0.2, 0) is 6.42 Å². The molecule has 1 aromatic rings. The van der Waals surface area contributed by atoms with Gasteiger partial charge >= 0.3 is 0 Å². The van der Waals surface area contributed by atoms with Gasteiger partial charge in [-0.2, -0.15) is 0 Å². The molecular weight excluding hydrogens is 159 g/mol. The van der Waals surface area contributed by atoms with E-state index in [-0.39, 0.29) is 6.61 Å². The molecule has 0 bridgehead atoms. The van der Waals surface area contributed by atoms with Crippen molar-refractivity contribution in [2.45, 2.75) is 6.42 Å². The van der Waals surface area contributed by atoms with Crippen molar-refractivity contribution in [3.8, 4) is 5.75 Å². The summed E-state index contributed by atoms with van der Waals surface area (Å²) in [5, 5.41) is 8.61. The van der Waals surface area contributed by atoms with E-state index in [0.29, 0.717) is 6.42 Å². The summed E-state index contributed by atoms with van der Waals surface area (Å²) in [7, 11) is 2.19. The van der Waals surface area contributed by atoms with Crippen molar-refractivity contribution in [1.82, 2.24) is 0 Å². The fraction of sp³-hybridized carbons (Fsp3) is 0.250. The first-order valence-corrected chi connectivity index (χ1v) is 3.90. The van der Waals surface area contributed by atoms with Crippen molar-refractivity contribution in [2.24, 2.45) is 0 Å². The van der Waals surface area contributed by atoms with Gasteiger partial charge in [0, 0.05) is 6.61 Å². The Morgan fingerprint density at radius 2 is 1.91 bits per heavy atom. The number of rotatable bonds is 3. The van der Waals surface area contributed by atoms with E-state index in [1.165, 1.54) is 0 Å². The molecule has 0 aromatic heterocycles. The zero-order valence-electron chi connectivity index (χ0n) is 6.16. The Kier molecular flexibility index (Phi) is 3.34. The van der Waals surface area contributed by atoms with E-state index >= 15 is 0 Å². The average molecular weight is 170 g/mol. The van der Waals surface area contributed by atoms with Crippen LogP contribution in [0.3, 0.4) is 0 Å². The van der Waals surface area contributed by atoms with Gasteiger partial charge in [-0.1, -0.05) is 12.1 Å². The summed E-state index contributed by atoms with van der Waals surface area (Å²) in [6.45, 7) is 0.196. The van der Waals surface area contributed by atoms with Crippen LogP contribution in [0, 0.1) is 0 Å². The van der Waals surface area contributed by atoms with E-state index in [1.54, 1.807) is 0 Å². The lowest BCUT2D eigenvalue weighted by Gasteiger charge is -2.00. The fourth-order valence-corrected chi connectivity index (χ4v) is 1.02. The van der Waals surface area contributed by atoms with Crippen molar-refractivity contribution >= 4 is 9.47 Å². The summed E-state index contributed by atoms with van der Waals surface area (Å²) in [5.74, 6) is 0.816. The molecule has 0 aliphatic rings. The highest BCUT2D eigenvalue weighted by atomic mass is 31.0. The van der Waals surface area contributed by atoms with Gasteiger partial charge in [0.05, 0.1) is 9.47 Å².